The van der Waals surface area contributed by atoms with Crippen LogP contribution in [0.25, 0.3) is 0 Å². The van der Waals surface area contributed by atoms with E-state index in [-0.39, 0.29) is 29.8 Å². The van der Waals surface area contributed by atoms with Gasteiger partial charge in [-0.2, -0.15) is 9.40 Å². The van der Waals surface area contributed by atoms with Gasteiger partial charge in [0.25, 0.3) is 5.91 Å². The summed E-state index contributed by atoms with van der Waals surface area (Å²) < 4.78 is 28.2. The number of amides is 1. The van der Waals surface area contributed by atoms with Crippen molar-refractivity contribution in [2.24, 2.45) is 11.8 Å². The summed E-state index contributed by atoms with van der Waals surface area (Å²) in [7, 11) is -3.32. The van der Waals surface area contributed by atoms with Crippen molar-refractivity contribution in [2.45, 2.75) is 25.9 Å². The van der Waals surface area contributed by atoms with Crippen molar-refractivity contribution in [3.05, 3.63) is 53.9 Å². The second-order valence-electron chi connectivity index (χ2n) is 8.13. The van der Waals surface area contributed by atoms with Gasteiger partial charge >= 0.3 is 0 Å². The third kappa shape index (κ3) is 3.35. The normalized spacial score (nSPS) is 25.4. The SMILES string of the molecule is CC(C)n1cc(C(=O)N2C[C@@H]3CN(S(C)(=O)=O)[C@@H](c4ccccc4)[C@@H]3C2)cn1. The van der Waals surface area contributed by atoms with Crippen molar-refractivity contribution in [3.63, 3.8) is 0 Å². The van der Waals surface area contributed by atoms with E-state index in [2.05, 4.69) is 5.10 Å². The molecule has 0 aliphatic carbocycles. The molecule has 4 rings (SSSR count). The van der Waals surface area contributed by atoms with Crippen LogP contribution in [0.1, 0.15) is 41.9 Å². The Kier molecular flexibility index (Phi) is 4.79. The summed E-state index contributed by atoms with van der Waals surface area (Å²) in [5.74, 6) is 0.212. The minimum Gasteiger partial charge on any atom is -0.338 e. The first-order valence-corrected chi connectivity index (χ1v) is 11.5. The number of fused-ring (bicyclic) bond motifs is 1. The molecule has 1 aromatic carbocycles. The summed E-state index contributed by atoms with van der Waals surface area (Å²) in [6, 6.07) is 9.72. The van der Waals surface area contributed by atoms with Gasteiger partial charge in [-0.05, 0) is 25.3 Å². The van der Waals surface area contributed by atoms with Crippen molar-refractivity contribution in [1.29, 1.82) is 0 Å². The fourth-order valence-corrected chi connectivity index (χ4v) is 5.64. The summed E-state index contributed by atoms with van der Waals surface area (Å²) in [4.78, 5) is 14.8. The molecule has 0 unspecified atom stereocenters. The molecule has 28 heavy (non-hydrogen) atoms. The number of rotatable bonds is 4. The zero-order valence-corrected chi connectivity index (χ0v) is 17.2. The molecule has 8 heteroatoms. The number of carbonyl (C=O) groups is 1. The molecule has 0 spiro atoms. The number of carbonyl (C=O) groups excluding carboxylic acids is 1. The number of benzene rings is 1. The van der Waals surface area contributed by atoms with Crippen LogP contribution in [-0.2, 0) is 10.0 Å². The molecule has 1 aromatic heterocycles. The summed E-state index contributed by atoms with van der Waals surface area (Å²) in [5, 5.41) is 4.27. The highest BCUT2D eigenvalue weighted by atomic mass is 32.2. The molecular formula is C20H26N4O3S. The van der Waals surface area contributed by atoms with Crippen molar-refractivity contribution >= 4 is 15.9 Å². The molecule has 2 aliphatic heterocycles. The Bertz CT molecular complexity index is 970. The van der Waals surface area contributed by atoms with Gasteiger partial charge in [0, 0.05) is 37.8 Å². The molecule has 0 N–H and O–H groups in total. The summed E-state index contributed by atoms with van der Waals surface area (Å²) in [6.07, 6.45) is 4.68. The van der Waals surface area contributed by atoms with Crippen LogP contribution in [0, 0.1) is 11.8 Å². The molecular weight excluding hydrogens is 376 g/mol. The standard InChI is InChI=1S/C20H26N4O3S/c1-14(2)23-11-16(9-21-23)20(25)22-10-17-12-24(28(3,26)27)19(18(17)13-22)15-7-5-4-6-8-15/h4-9,11,14,17-19H,10,12-13H2,1-3H3/t17-,18-,19+/m1/s1. The van der Waals surface area contributed by atoms with E-state index in [4.69, 9.17) is 0 Å². The fraction of sp³-hybridized carbons (Fsp3) is 0.500. The Morgan fingerprint density at radius 2 is 1.86 bits per heavy atom. The average molecular weight is 403 g/mol. The fourth-order valence-electron chi connectivity index (χ4n) is 4.49. The molecule has 2 saturated heterocycles. The molecule has 2 fully saturated rings. The zero-order valence-electron chi connectivity index (χ0n) is 16.4. The van der Waals surface area contributed by atoms with Crippen molar-refractivity contribution in [2.75, 3.05) is 25.9 Å². The number of hydrogen-bond acceptors (Lipinski definition) is 4. The predicted octanol–water partition coefficient (Wildman–Crippen LogP) is 2.17. The molecule has 7 nitrogen and oxygen atoms in total. The summed E-state index contributed by atoms with van der Waals surface area (Å²) >= 11 is 0. The second-order valence-corrected chi connectivity index (χ2v) is 10.1. The minimum absolute atomic E-state index is 0.0287. The van der Waals surface area contributed by atoms with Crippen LogP contribution >= 0.6 is 0 Å². The van der Waals surface area contributed by atoms with Crippen LogP contribution in [0.5, 0.6) is 0 Å². The first-order chi connectivity index (χ1) is 13.3. The second kappa shape index (κ2) is 7.00. The maximum atomic E-state index is 13.0. The Labute approximate surface area is 166 Å². The lowest BCUT2D eigenvalue weighted by Crippen LogP contribution is -2.36. The third-order valence-corrected chi connectivity index (χ3v) is 7.08. The molecule has 0 bridgehead atoms. The van der Waals surface area contributed by atoms with Crippen LogP contribution in [0.15, 0.2) is 42.7 Å². The van der Waals surface area contributed by atoms with E-state index in [0.717, 1.165) is 5.56 Å². The first kappa shape index (κ1) is 19.1. The molecule has 2 aromatic rings. The van der Waals surface area contributed by atoms with Crippen LogP contribution in [0.2, 0.25) is 0 Å². The Morgan fingerprint density at radius 1 is 1.14 bits per heavy atom. The number of likely N-dealkylation sites (tertiary alicyclic amines) is 1. The lowest BCUT2D eigenvalue weighted by atomic mass is 9.90. The third-order valence-electron chi connectivity index (χ3n) is 5.85. The van der Waals surface area contributed by atoms with E-state index >= 15 is 0 Å². The number of hydrogen-bond donors (Lipinski definition) is 0. The van der Waals surface area contributed by atoms with Crippen LogP contribution in [0.4, 0.5) is 0 Å². The van der Waals surface area contributed by atoms with Crippen molar-refractivity contribution in [3.8, 4) is 0 Å². The molecule has 0 saturated carbocycles. The summed E-state index contributed by atoms with van der Waals surface area (Å²) in [6.45, 7) is 5.63. The van der Waals surface area contributed by atoms with E-state index in [0.29, 0.717) is 25.2 Å². The van der Waals surface area contributed by atoms with Gasteiger partial charge < -0.3 is 4.90 Å². The van der Waals surface area contributed by atoms with Crippen LogP contribution < -0.4 is 0 Å². The highest BCUT2D eigenvalue weighted by Crippen LogP contribution is 2.46. The van der Waals surface area contributed by atoms with E-state index < -0.39 is 10.0 Å². The maximum Gasteiger partial charge on any atom is 0.257 e. The number of aromatic nitrogens is 2. The topological polar surface area (TPSA) is 75.5 Å². The lowest BCUT2D eigenvalue weighted by molar-refractivity contribution is 0.0773. The number of nitrogens with zero attached hydrogens (tertiary/aromatic N) is 4. The summed E-state index contributed by atoms with van der Waals surface area (Å²) in [5.41, 5.74) is 1.58. The molecule has 1 amide bonds. The monoisotopic (exact) mass is 402 g/mol. The first-order valence-electron chi connectivity index (χ1n) is 9.61. The quantitative estimate of drug-likeness (QED) is 0.785. The van der Waals surface area contributed by atoms with Gasteiger partial charge in [-0.1, -0.05) is 30.3 Å². The molecule has 3 heterocycles. The minimum atomic E-state index is -3.32. The maximum absolute atomic E-state index is 13.0. The van der Waals surface area contributed by atoms with Crippen LogP contribution in [0.3, 0.4) is 0 Å². The van der Waals surface area contributed by atoms with E-state index in [1.807, 2.05) is 49.1 Å². The number of sulfonamides is 1. The van der Waals surface area contributed by atoms with Gasteiger partial charge in [0.15, 0.2) is 0 Å². The van der Waals surface area contributed by atoms with E-state index in [1.165, 1.54) is 6.26 Å². The lowest BCUT2D eigenvalue weighted by Gasteiger charge is -2.28. The predicted molar refractivity (Wildman–Crippen MR) is 106 cm³/mol. The van der Waals surface area contributed by atoms with Crippen LogP contribution in [-0.4, -0.2) is 59.2 Å². The Hall–Kier alpha value is -2.19. The van der Waals surface area contributed by atoms with Crippen molar-refractivity contribution in [1.82, 2.24) is 19.0 Å². The highest BCUT2D eigenvalue weighted by molar-refractivity contribution is 7.88. The average Bonchev–Trinajstić information content (AvgIpc) is 3.35. The van der Waals surface area contributed by atoms with Gasteiger partial charge in [-0.3, -0.25) is 9.48 Å². The van der Waals surface area contributed by atoms with Gasteiger partial charge in [0.1, 0.15) is 0 Å². The van der Waals surface area contributed by atoms with E-state index in [9.17, 15) is 13.2 Å². The Morgan fingerprint density at radius 3 is 2.46 bits per heavy atom. The Balaban J connectivity index is 1.58. The molecule has 0 radical (unpaired) electrons. The van der Waals surface area contributed by atoms with Gasteiger partial charge in [0.05, 0.1) is 24.1 Å². The van der Waals surface area contributed by atoms with Gasteiger partial charge in [-0.15, -0.1) is 0 Å². The largest absolute Gasteiger partial charge is 0.338 e. The van der Waals surface area contributed by atoms with Gasteiger partial charge in [0.2, 0.25) is 10.0 Å². The highest BCUT2D eigenvalue weighted by Gasteiger charge is 2.51. The smallest absolute Gasteiger partial charge is 0.257 e. The van der Waals surface area contributed by atoms with Crippen molar-refractivity contribution < 1.29 is 13.2 Å². The molecule has 150 valence electrons. The molecule has 3 atom stereocenters. The van der Waals surface area contributed by atoms with Gasteiger partial charge in [-0.25, -0.2) is 8.42 Å². The van der Waals surface area contributed by atoms with E-state index in [1.54, 1.807) is 21.4 Å². The molecule has 2 aliphatic rings. The zero-order chi connectivity index (χ0) is 20.1.